The Bertz CT molecular complexity index is 395. The Labute approximate surface area is 121 Å². The number of unbranched alkanes of at least 4 members (excludes halogenated alkanes) is 1. The second kappa shape index (κ2) is 8.55. The maximum absolute atomic E-state index is 5.51. The number of hydrogen-bond donors (Lipinski definition) is 2. The van der Waals surface area contributed by atoms with Gasteiger partial charge < -0.3 is 15.4 Å². The molecule has 1 rings (SSSR count). The van der Waals surface area contributed by atoms with Gasteiger partial charge in [0.25, 0.3) is 0 Å². The van der Waals surface area contributed by atoms with Crippen LogP contribution in [0.4, 0.5) is 11.9 Å². The molecule has 0 radical (unpaired) electrons. The van der Waals surface area contributed by atoms with E-state index in [9.17, 15) is 0 Å². The van der Waals surface area contributed by atoms with Crippen molar-refractivity contribution in [3.05, 3.63) is 0 Å². The van der Waals surface area contributed by atoms with Gasteiger partial charge in [0.2, 0.25) is 11.9 Å². The smallest absolute Gasteiger partial charge is 0.323 e. The fourth-order valence-corrected chi connectivity index (χ4v) is 1.69. The lowest BCUT2D eigenvalue weighted by Crippen LogP contribution is -2.13. The molecule has 6 nitrogen and oxygen atoms in total. The fraction of sp³-hybridized carbons (Fsp3) is 0.786. The molecule has 1 aromatic heterocycles. The van der Waals surface area contributed by atoms with E-state index in [1.165, 1.54) is 12.8 Å². The summed E-state index contributed by atoms with van der Waals surface area (Å²) in [6.45, 7) is 9.24. The van der Waals surface area contributed by atoms with E-state index in [0.29, 0.717) is 17.9 Å². The molecule has 0 spiro atoms. The fourth-order valence-electron chi connectivity index (χ4n) is 1.69. The molecule has 0 aliphatic heterocycles. The first-order valence-corrected chi connectivity index (χ1v) is 7.35. The molecule has 1 aromatic rings. The summed E-state index contributed by atoms with van der Waals surface area (Å²) in [6.07, 6.45) is 3.62. The topological polar surface area (TPSA) is 72.0 Å². The van der Waals surface area contributed by atoms with Crippen LogP contribution in [0.5, 0.6) is 6.01 Å². The van der Waals surface area contributed by atoms with Crippen LogP contribution in [0.15, 0.2) is 0 Å². The van der Waals surface area contributed by atoms with Crippen LogP contribution in [0.2, 0.25) is 0 Å². The van der Waals surface area contributed by atoms with Gasteiger partial charge in [-0.15, -0.1) is 0 Å². The lowest BCUT2D eigenvalue weighted by molar-refractivity contribution is 0.222. The van der Waals surface area contributed by atoms with Crippen molar-refractivity contribution in [3.8, 4) is 6.01 Å². The molecule has 114 valence electrons. The zero-order valence-electron chi connectivity index (χ0n) is 13.2. The molecule has 1 heterocycles. The third-order valence-electron chi connectivity index (χ3n) is 2.67. The lowest BCUT2D eigenvalue weighted by atomic mass is 10.1. The van der Waals surface area contributed by atoms with E-state index in [0.717, 1.165) is 18.9 Å². The van der Waals surface area contributed by atoms with Crippen LogP contribution in [0.25, 0.3) is 0 Å². The average molecular weight is 281 g/mol. The summed E-state index contributed by atoms with van der Waals surface area (Å²) in [5.41, 5.74) is 0. The minimum Gasteiger partial charge on any atom is -0.461 e. The van der Waals surface area contributed by atoms with Crippen LogP contribution in [0.3, 0.4) is 0 Å². The van der Waals surface area contributed by atoms with Crippen molar-refractivity contribution >= 4 is 11.9 Å². The molecule has 0 saturated heterocycles. The van der Waals surface area contributed by atoms with Crippen molar-refractivity contribution in [2.75, 3.05) is 24.2 Å². The summed E-state index contributed by atoms with van der Waals surface area (Å²) < 4.78 is 5.51. The van der Waals surface area contributed by atoms with Gasteiger partial charge in [-0.05, 0) is 26.2 Å². The van der Waals surface area contributed by atoms with Crippen LogP contribution >= 0.6 is 0 Å². The number of nitrogens with zero attached hydrogens (tertiary/aromatic N) is 3. The van der Waals surface area contributed by atoms with Gasteiger partial charge in [0.15, 0.2) is 0 Å². The molecule has 0 amide bonds. The van der Waals surface area contributed by atoms with E-state index < -0.39 is 0 Å². The van der Waals surface area contributed by atoms with E-state index in [2.05, 4.69) is 39.4 Å². The monoisotopic (exact) mass is 281 g/mol. The molecule has 0 atom stereocenters. The summed E-state index contributed by atoms with van der Waals surface area (Å²) in [7, 11) is 1.78. The number of aromatic nitrogens is 3. The van der Waals surface area contributed by atoms with Crippen LogP contribution in [0.1, 0.15) is 47.0 Å². The number of rotatable bonds is 9. The molecular weight excluding hydrogens is 254 g/mol. The molecule has 0 unspecified atom stereocenters. The van der Waals surface area contributed by atoms with Gasteiger partial charge in [0.1, 0.15) is 0 Å². The van der Waals surface area contributed by atoms with Crippen LogP contribution in [-0.2, 0) is 0 Å². The Balaban J connectivity index is 2.51. The van der Waals surface area contributed by atoms with Crippen molar-refractivity contribution in [1.82, 2.24) is 15.0 Å². The van der Waals surface area contributed by atoms with Crippen molar-refractivity contribution < 1.29 is 4.74 Å². The Morgan fingerprint density at radius 3 is 2.30 bits per heavy atom. The molecular formula is C14H27N5O. The van der Waals surface area contributed by atoms with Gasteiger partial charge >= 0.3 is 6.01 Å². The SMILES string of the molecule is CNc1nc(NCCCCC(C)C)nc(OC(C)C)n1. The van der Waals surface area contributed by atoms with E-state index in [-0.39, 0.29) is 6.10 Å². The van der Waals surface area contributed by atoms with Crippen molar-refractivity contribution in [2.45, 2.75) is 53.1 Å². The summed E-state index contributed by atoms with van der Waals surface area (Å²) in [4.78, 5) is 12.7. The van der Waals surface area contributed by atoms with Gasteiger partial charge in [0, 0.05) is 13.6 Å². The van der Waals surface area contributed by atoms with E-state index in [1.54, 1.807) is 7.05 Å². The first kappa shape index (κ1) is 16.5. The Kier molecular flexibility index (Phi) is 7.04. The molecule has 2 N–H and O–H groups in total. The highest BCUT2D eigenvalue weighted by Crippen LogP contribution is 2.12. The molecule has 0 aliphatic rings. The van der Waals surface area contributed by atoms with Crippen LogP contribution in [0, 0.1) is 5.92 Å². The largest absolute Gasteiger partial charge is 0.461 e. The second-order valence-corrected chi connectivity index (χ2v) is 5.50. The number of ether oxygens (including phenoxy) is 1. The molecule has 0 saturated carbocycles. The second-order valence-electron chi connectivity index (χ2n) is 5.50. The van der Waals surface area contributed by atoms with E-state index in [4.69, 9.17) is 4.74 Å². The highest BCUT2D eigenvalue weighted by Gasteiger charge is 2.07. The number of nitrogens with one attached hydrogen (secondary N) is 2. The van der Waals surface area contributed by atoms with E-state index in [1.807, 2.05) is 13.8 Å². The highest BCUT2D eigenvalue weighted by atomic mass is 16.5. The minimum atomic E-state index is 0.0426. The quantitative estimate of drug-likeness (QED) is 0.678. The zero-order valence-corrected chi connectivity index (χ0v) is 13.2. The molecule has 6 heteroatoms. The van der Waals surface area contributed by atoms with Crippen molar-refractivity contribution in [1.29, 1.82) is 0 Å². The van der Waals surface area contributed by atoms with Crippen LogP contribution < -0.4 is 15.4 Å². The zero-order chi connectivity index (χ0) is 15.0. The summed E-state index contributed by atoms with van der Waals surface area (Å²) in [6, 6.07) is 0.351. The predicted octanol–water partition coefficient (Wildman–Crippen LogP) is 2.94. The normalized spacial score (nSPS) is 10.9. The lowest BCUT2D eigenvalue weighted by Gasteiger charge is -2.11. The maximum Gasteiger partial charge on any atom is 0.323 e. The third kappa shape index (κ3) is 6.54. The highest BCUT2D eigenvalue weighted by molar-refractivity contribution is 5.35. The van der Waals surface area contributed by atoms with Crippen molar-refractivity contribution in [2.24, 2.45) is 5.92 Å². The van der Waals surface area contributed by atoms with Gasteiger partial charge in [-0.25, -0.2) is 0 Å². The molecule has 0 bridgehead atoms. The van der Waals surface area contributed by atoms with Gasteiger partial charge in [0.05, 0.1) is 6.10 Å². The van der Waals surface area contributed by atoms with Gasteiger partial charge in [-0.2, -0.15) is 15.0 Å². The molecule has 0 aliphatic carbocycles. The standard InChI is InChI=1S/C14H27N5O/c1-10(2)8-6-7-9-16-13-17-12(15-5)18-14(19-13)20-11(3)4/h10-11H,6-9H2,1-5H3,(H2,15,16,17,18,19). The summed E-state index contributed by atoms with van der Waals surface area (Å²) in [5, 5.41) is 6.14. The minimum absolute atomic E-state index is 0.0426. The van der Waals surface area contributed by atoms with Crippen LogP contribution in [-0.4, -0.2) is 34.6 Å². The number of anilines is 2. The summed E-state index contributed by atoms with van der Waals surface area (Å²) in [5.74, 6) is 1.83. The first-order valence-electron chi connectivity index (χ1n) is 7.35. The van der Waals surface area contributed by atoms with E-state index >= 15 is 0 Å². The first-order chi connectivity index (χ1) is 9.51. The van der Waals surface area contributed by atoms with Gasteiger partial charge in [-0.3, -0.25) is 0 Å². The Morgan fingerprint density at radius 1 is 1.00 bits per heavy atom. The van der Waals surface area contributed by atoms with Gasteiger partial charge in [-0.1, -0.05) is 26.7 Å². The third-order valence-corrected chi connectivity index (χ3v) is 2.67. The van der Waals surface area contributed by atoms with Crippen molar-refractivity contribution in [3.63, 3.8) is 0 Å². The maximum atomic E-state index is 5.51. The number of hydrogen-bond acceptors (Lipinski definition) is 6. The molecule has 0 fully saturated rings. The average Bonchev–Trinajstić information content (AvgIpc) is 2.36. The Hall–Kier alpha value is -1.59. The Morgan fingerprint density at radius 2 is 1.70 bits per heavy atom. The molecule has 20 heavy (non-hydrogen) atoms. The predicted molar refractivity (Wildman–Crippen MR) is 82.3 cm³/mol. The molecule has 0 aromatic carbocycles. The summed E-state index contributed by atoms with van der Waals surface area (Å²) >= 11 is 0.